The summed E-state index contributed by atoms with van der Waals surface area (Å²) in [7, 11) is 0. The molecule has 1 heterocycles. The highest BCUT2D eigenvalue weighted by Crippen LogP contribution is 2.22. The molecule has 106 valence electrons. The molecule has 2 rings (SSSR count). The van der Waals surface area contributed by atoms with Crippen LogP contribution in [0, 0.1) is 5.92 Å². The monoisotopic (exact) mass is 264 g/mol. The molecule has 0 bridgehead atoms. The highest BCUT2D eigenvalue weighted by molar-refractivity contribution is 5.90. The number of carbonyl (C=O) groups is 1. The van der Waals surface area contributed by atoms with Crippen LogP contribution in [-0.4, -0.2) is 27.6 Å². The number of aromatic nitrogens is 3. The van der Waals surface area contributed by atoms with Gasteiger partial charge in [0.25, 0.3) is 5.91 Å². The summed E-state index contributed by atoms with van der Waals surface area (Å²) in [6, 6.07) is 0. The quantitative estimate of drug-likeness (QED) is 0.880. The number of nitrogens with one attached hydrogen (secondary N) is 2. The number of rotatable bonds is 3. The van der Waals surface area contributed by atoms with E-state index in [0.29, 0.717) is 5.92 Å². The number of H-pyrrole nitrogens is 1. The first kappa shape index (κ1) is 14.0. The molecule has 0 spiro atoms. The molecule has 2 N–H and O–H groups in total. The van der Waals surface area contributed by atoms with Crippen LogP contribution in [0.1, 0.15) is 69.3 Å². The molecule has 0 unspecified atom stereocenters. The fraction of sp³-hybridized carbons (Fsp3) is 0.786. The molecule has 1 saturated carbocycles. The molecule has 5 nitrogen and oxygen atoms in total. The Kier molecular flexibility index (Phi) is 4.22. The van der Waals surface area contributed by atoms with Crippen molar-refractivity contribution in [1.82, 2.24) is 20.5 Å². The molecule has 1 aliphatic rings. The number of carbonyl (C=O) groups excluding carboxylic acids is 1. The normalized spacial score (nSPS) is 17.4. The Morgan fingerprint density at radius 1 is 1.32 bits per heavy atom. The third-order valence-corrected chi connectivity index (χ3v) is 3.67. The molecule has 0 saturated heterocycles. The summed E-state index contributed by atoms with van der Waals surface area (Å²) < 4.78 is 0. The molecule has 0 aromatic carbocycles. The van der Waals surface area contributed by atoms with Crippen molar-refractivity contribution in [3.05, 3.63) is 11.6 Å². The van der Waals surface area contributed by atoms with Crippen molar-refractivity contribution in [1.29, 1.82) is 0 Å². The van der Waals surface area contributed by atoms with E-state index in [9.17, 15) is 4.79 Å². The number of amides is 1. The summed E-state index contributed by atoms with van der Waals surface area (Å²) in [5.41, 5.74) is -0.116. The number of hydrogen-bond acceptors (Lipinski definition) is 3. The molecular weight excluding hydrogens is 240 g/mol. The lowest BCUT2D eigenvalue weighted by Gasteiger charge is -2.21. The zero-order valence-corrected chi connectivity index (χ0v) is 12.1. The van der Waals surface area contributed by atoms with Crippen LogP contribution in [-0.2, 0) is 5.41 Å². The SMILES string of the molecule is CC(C)(C)c1nc(C(=O)NCC2CCCCC2)n[nH]1. The average molecular weight is 264 g/mol. The van der Waals surface area contributed by atoms with Crippen LogP contribution in [0.15, 0.2) is 0 Å². The Morgan fingerprint density at radius 3 is 2.58 bits per heavy atom. The van der Waals surface area contributed by atoms with Gasteiger partial charge in [-0.2, -0.15) is 0 Å². The number of aromatic amines is 1. The van der Waals surface area contributed by atoms with Crippen LogP contribution in [0.5, 0.6) is 0 Å². The van der Waals surface area contributed by atoms with E-state index >= 15 is 0 Å². The predicted molar refractivity (Wildman–Crippen MR) is 74.0 cm³/mol. The zero-order chi connectivity index (χ0) is 13.9. The highest BCUT2D eigenvalue weighted by atomic mass is 16.2. The minimum absolute atomic E-state index is 0.116. The maximum absolute atomic E-state index is 12.0. The Balaban J connectivity index is 1.87. The van der Waals surface area contributed by atoms with Crippen LogP contribution in [0.25, 0.3) is 0 Å². The van der Waals surface area contributed by atoms with Crippen LogP contribution in [0.4, 0.5) is 0 Å². The Hall–Kier alpha value is -1.39. The van der Waals surface area contributed by atoms with Crippen molar-refractivity contribution >= 4 is 5.91 Å². The van der Waals surface area contributed by atoms with E-state index in [1.54, 1.807) is 0 Å². The maximum atomic E-state index is 12.0. The van der Waals surface area contributed by atoms with Crippen LogP contribution >= 0.6 is 0 Å². The van der Waals surface area contributed by atoms with Crippen LogP contribution < -0.4 is 5.32 Å². The lowest BCUT2D eigenvalue weighted by molar-refractivity contribution is 0.0933. The van der Waals surface area contributed by atoms with Gasteiger partial charge in [-0.15, -0.1) is 5.10 Å². The first-order valence-electron chi connectivity index (χ1n) is 7.18. The third kappa shape index (κ3) is 3.78. The predicted octanol–water partition coefficient (Wildman–Crippen LogP) is 2.41. The van der Waals surface area contributed by atoms with E-state index in [2.05, 4.69) is 20.5 Å². The van der Waals surface area contributed by atoms with Gasteiger partial charge in [-0.05, 0) is 18.8 Å². The molecule has 0 radical (unpaired) electrons. The molecule has 1 aromatic rings. The molecule has 0 aliphatic heterocycles. The summed E-state index contributed by atoms with van der Waals surface area (Å²) in [4.78, 5) is 16.2. The molecule has 1 aliphatic carbocycles. The zero-order valence-electron chi connectivity index (χ0n) is 12.1. The third-order valence-electron chi connectivity index (χ3n) is 3.67. The summed E-state index contributed by atoms with van der Waals surface area (Å²) >= 11 is 0. The second-order valence-corrected chi connectivity index (χ2v) is 6.47. The van der Waals surface area contributed by atoms with Crippen molar-refractivity contribution in [3.63, 3.8) is 0 Å². The van der Waals surface area contributed by atoms with Gasteiger partial charge >= 0.3 is 0 Å². The minimum Gasteiger partial charge on any atom is -0.349 e. The molecular formula is C14H24N4O. The smallest absolute Gasteiger partial charge is 0.290 e. The second-order valence-electron chi connectivity index (χ2n) is 6.47. The first-order chi connectivity index (χ1) is 8.97. The largest absolute Gasteiger partial charge is 0.349 e. The fourth-order valence-corrected chi connectivity index (χ4v) is 2.41. The van der Waals surface area contributed by atoms with Crippen molar-refractivity contribution in [2.24, 2.45) is 5.92 Å². The van der Waals surface area contributed by atoms with Crippen molar-refractivity contribution in [2.75, 3.05) is 6.54 Å². The first-order valence-corrected chi connectivity index (χ1v) is 7.18. The standard InChI is InChI=1S/C14H24N4O/c1-14(2,3)13-16-11(17-18-13)12(19)15-9-10-7-5-4-6-8-10/h10H,4-9H2,1-3H3,(H,15,19)(H,16,17,18). The molecule has 19 heavy (non-hydrogen) atoms. The molecule has 1 aromatic heterocycles. The molecule has 1 fully saturated rings. The topological polar surface area (TPSA) is 70.7 Å². The van der Waals surface area contributed by atoms with E-state index in [4.69, 9.17) is 0 Å². The molecule has 0 atom stereocenters. The van der Waals surface area contributed by atoms with Crippen molar-refractivity contribution in [3.8, 4) is 0 Å². The van der Waals surface area contributed by atoms with Crippen LogP contribution in [0.2, 0.25) is 0 Å². The van der Waals surface area contributed by atoms with Gasteiger partial charge in [0.1, 0.15) is 5.82 Å². The maximum Gasteiger partial charge on any atom is 0.290 e. The Bertz CT molecular complexity index is 427. The van der Waals surface area contributed by atoms with E-state index < -0.39 is 0 Å². The van der Waals surface area contributed by atoms with Gasteiger partial charge in [-0.25, -0.2) is 4.98 Å². The summed E-state index contributed by atoms with van der Waals surface area (Å²) in [6.45, 7) is 6.86. The lowest BCUT2D eigenvalue weighted by Crippen LogP contribution is -2.31. The van der Waals surface area contributed by atoms with E-state index in [-0.39, 0.29) is 17.1 Å². The van der Waals surface area contributed by atoms with E-state index in [1.165, 1.54) is 32.1 Å². The summed E-state index contributed by atoms with van der Waals surface area (Å²) in [5, 5.41) is 9.79. The van der Waals surface area contributed by atoms with Gasteiger partial charge < -0.3 is 5.32 Å². The second kappa shape index (κ2) is 5.72. The van der Waals surface area contributed by atoms with Crippen molar-refractivity contribution < 1.29 is 4.79 Å². The van der Waals surface area contributed by atoms with Gasteiger partial charge in [0.15, 0.2) is 0 Å². The van der Waals surface area contributed by atoms with Gasteiger partial charge in [-0.3, -0.25) is 9.89 Å². The molecule has 5 heteroatoms. The lowest BCUT2D eigenvalue weighted by atomic mass is 9.89. The molecule has 1 amide bonds. The van der Waals surface area contributed by atoms with Crippen molar-refractivity contribution in [2.45, 2.75) is 58.3 Å². The average Bonchev–Trinajstić information content (AvgIpc) is 2.87. The Labute approximate surface area is 114 Å². The van der Waals surface area contributed by atoms with Gasteiger partial charge in [0.05, 0.1) is 0 Å². The minimum atomic E-state index is -0.169. The van der Waals surface area contributed by atoms with Gasteiger partial charge in [0, 0.05) is 12.0 Å². The van der Waals surface area contributed by atoms with Crippen LogP contribution in [0.3, 0.4) is 0 Å². The summed E-state index contributed by atoms with van der Waals surface area (Å²) in [5.74, 6) is 1.45. The van der Waals surface area contributed by atoms with E-state index in [1.807, 2.05) is 20.8 Å². The highest BCUT2D eigenvalue weighted by Gasteiger charge is 2.22. The van der Waals surface area contributed by atoms with E-state index in [0.717, 1.165) is 12.4 Å². The Morgan fingerprint density at radius 2 is 2.00 bits per heavy atom. The van der Waals surface area contributed by atoms with Gasteiger partial charge in [-0.1, -0.05) is 40.0 Å². The number of nitrogens with zero attached hydrogens (tertiary/aromatic N) is 2. The summed E-state index contributed by atoms with van der Waals surface area (Å²) in [6.07, 6.45) is 6.36. The van der Waals surface area contributed by atoms with Gasteiger partial charge in [0.2, 0.25) is 5.82 Å². The fourth-order valence-electron chi connectivity index (χ4n) is 2.41. The number of hydrogen-bond donors (Lipinski definition) is 2.